The van der Waals surface area contributed by atoms with Crippen molar-refractivity contribution in [1.29, 1.82) is 0 Å². The molecule has 41 heavy (non-hydrogen) atoms. The smallest absolute Gasteiger partial charge is 0.244 e. The van der Waals surface area contributed by atoms with Crippen molar-refractivity contribution in [1.82, 2.24) is 4.90 Å². The Hall–Kier alpha value is -3.23. The lowest BCUT2D eigenvalue weighted by Gasteiger charge is -2.42. The molecule has 0 spiro atoms. The molecule has 1 heterocycles. The third kappa shape index (κ3) is 5.17. The van der Waals surface area contributed by atoms with E-state index in [-0.39, 0.29) is 5.56 Å². The number of amides is 4. The van der Waals surface area contributed by atoms with Gasteiger partial charge < -0.3 is 0 Å². The van der Waals surface area contributed by atoms with Crippen molar-refractivity contribution < 1.29 is 84.2 Å². The van der Waals surface area contributed by atoms with Crippen LogP contribution in [0, 0.1) is 0 Å². The first-order valence-electron chi connectivity index (χ1n) is 10.2. The van der Waals surface area contributed by atoms with Crippen LogP contribution in [0.1, 0.15) is 17.5 Å². The minimum Gasteiger partial charge on any atom is -0.244 e. The summed E-state index contributed by atoms with van der Waals surface area (Å²) < 4.78 is 226. The summed E-state index contributed by atoms with van der Waals surface area (Å²) in [6.45, 7) is -0.507. The van der Waals surface area contributed by atoms with E-state index in [1.807, 2.05) is 0 Å². The summed E-state index contributed by atoms with van der Waals surface area (Å²) in [5, 5.41) is 5.80. The Morgan fingerprint density at radius 2 is 0.854 bits per heavy atom. The highest BCUT2D eigenvalue weighted by molar-refractivity contribution is 5.98. The van der Waals surface area contributed by atoms with Gasteiger partial charge in [0.1, 0.15) is 0 Å². The molecule has 0 fully saturated rings. The van der Waals surface area contributed by atoms with E-state index in [2.05, 4.69) is 10.2 Å². The van der Waals surface area contributed by atoms with Crippen LogP contribution in [0.15, 0.2) is 34.5 Å². The summed E-state index contributed by atoms with van der Waals surface area (Å²) in [5.74, 6) is -56.6. The predicted octanol–water partition coefficient (Wildman–Crippen LogP) is 8.14. The van der Waals surface area contributed by atoms with Crippen molar-refractivity contribution in [3.63, 3.8) is 0 Å². The molecule has 0 bridgehead atoms. The quantitative estimate of drug-likeness (QED) is 0.231. The second-order valence-electron chi connectivity index (χ2n) is 8.32. The number of benzene rings is 1. The van der Waals surface area contributed by atoms with Crippen LogP contribution in [0.5, 0.6) is 0 Å². The van der Waals surface area contributed by atoms with Crippen molar-refractivity contribution in [2.45, 2.75) is 67.0 Å². The fourth-order valence-corrected chi connectivity index (χ4v) is 3.06. The molecule has 0 aliphatic carbocycles. The molecule has 0 N–H and O–H groups in total. The highest BCUT2D eigenvalue weighted by Gasteiger charge is 2.95. The first kappa shape index (κ1) is 34.0. The minimum atomic E-state index is -8.67. The zero-order chi connectivity index (χ0) is 32.3. The molecule has 5 nitrogen and oxygen atoms in total. The van der Waals surface area contributed by atoms with E-state index in [1.54, 1.807) is 0 Å². The Bertz CT molecular complexity index is 1170. The average Bonchev–Trinajstić information content (AvgIpc) is 3.14. The first-order valence-corrected chi connectivity index (χ1v) is 10.2. The topological polar surface area (TPSA) is 62.1 Å². The Balaban J connectivity index is 2.30. The molecule has 1 aromatic rings. The number of alkyl halides is 17. The van der Waals surface area contributed by atoms with E-state index in [9.17, 15) is 84.2 Å². The number of aryl methyl sites for hydroxylation is 1. The van der Waals surface area contributed by atoms with Crippen LogP contribution in [0.2, 0.25) is 0 Å². The molecule has 0 aromatic heterocycles. The number of carbonyl (C=O) groups is 2. The molecule has 22 heteroatoms. The number of azo groups is 1. The van der Waals surface area contributed by atoms with E-state index in [0.717, 1.165) is 24.3 Å². The number of urea groups is 2. The minimum absolute atomic E-state index is 0.0461. The largest absolute Gasteiger partial charge is 0.460 e. The maximum Gasteiger partial charge on any atom is 0.460 e. The molecule has 0 unspecified atom stereocenters. The number of rotatable bonds is 11. The maximum absolute atomic E-state index is 14.0. The zero-order valence-corrected chi connectivity index (χ0v) is 19.0. The molecule has 1 aliphatic heterocycles. The van der Waals surface area contributed by atoms with Crippen molar-refractivity contribution in [3.05, 3.63) is 35.4 Å². The van der Waals surface area contributed by atoms with Gasteiger partial charge in [0.05, 0.1) is 6.54 Å². The third-order valence-electron chi connectivity index (χ3n) is 5.56. The van der Waals surface area contributed by atoms with Gasteiger partial charge in [0.15, 0.2) is 0 Å². The summed E-state index contributed by atoms with van der Waals surface area (Å²) >= 11 is 0. The molecule has 1 aromatic carbocycles. The number of imide groups is 1. The van der Waals surface area contributed by atoms with E-state index >= 15 is 0 Å². The number of nitrogens with zero attached hydrogens (tertiary/aromatic N) is 3. The lowest BCUT2D eigenvalue weighted by atomic mass is 9.87. The molecule has 232 valence electrons. The standard InChI is InChI=1S/C19H10F17N3O2/c20-12(21,6-5-8-1-3-9(4-2-8)7-39-10(40)37-38-11(39)41)13(22,23)14(24,25)15(26,27)16(28,29)17(30,31)18(32,33)19(34,35)36/h1-4H,5-7H2. The molecule has 0 saturated heterocycles. The monoisotopic (exact) mass is 635 g/mol. The lowest BCUT2D eigenvalue weighted by molar-refractivity contribution is -0.461. The Labute approximate surface area is 215 Å². The van der Waals surface area contributed by atoms with Crippen molar-refractivity contribution in [3.8, 4) is 0 Å². The van der Waals surface area contributed by atoms with Gasteiger partial charge in [-0.25, -0.2) is 14.5 Å². The normalized spacial score (nSPS) is 16.7. The summed E-state index contributed by atoms with van der Waals surface area (Å²) in [6.07, 6.45) is -11.9. The first-order chi connectivity index (χ1) is 18.1. The van der Waals surface area contributed by atoms with Crippen LogP contribution in [-0.4, -0.2) is 64.6 Å². The van der Waals surface area contributed by atoms with Gasteiger partial charge in [-0.15, -0.1) is 0 Å². The fraction of sp³-hybridized carbons (Fsp3) is 0.579. The van der Waals surface area contributed by atoms with Crippen LogP contribution in [0.25, 0.3) is 0 Å². The van der Waals surface area contributed by atoms with E-state index in [1.165, 1.54) is 0 Å². The molecular formula is C19H10F17N3O2. The molecule has 2 rings (SSSR count). The number of halogens is 17. The Kier molecular flexibility index (Phi) is 8.24. The summed E-state index contributed by atoms with van der Waals surface area (Å²) in [4.78, 5) is 23.1. The van der Waals surface area contributed by atoms with Crippen LogP contribution in [0.3, 0.4) is 0 Å². The summed E-state index contributed by atoms with van der Waals surface area (Å²) in [7, 11) is 0. The van der Waals surface area contributed by atoms with E-state index in [0.29, 0.717) is 4.90 Å². The van der Waals surface area contributed by atoms with Gasteiger partial charge in [0.2, 0.25) is 0 Å². The van der Waals surface area contributed by atoms with Crippen molar-refractivity contribution >= 4 is 12.1 Å². The van der Waals surface area contributed by atoms with Crippen LogP contribution in [-0.2, 0) is 13.0 Å². The van der Waals surface area contributed by atoms with Gasteiger partial charge in [0.25, 0.3) is 0 Å². The number of hydrogen-bond acceptors (Lipinski definition) is 2. The van der Waals surface area contributed by atoms with Crippen molar-refractivity contribution in [2.75, 3.05) is 0 Å². The van der Waals surface area contributed by atoms with Crippen LogP contribution < -0.4 is 0 Å². The van der Waals surface area contributed by atoms with Gasteiger partial charge in [-0.05, 0) is 17.5 Å². The molecular weight excluding hydrogens is 625 g/mol. The third-order valence-corrected chi connectivity index (χ3v) is 5.56. The van der Waals surface area contributed by atoms with Crippen molar-refractivity contribution in [2.24, 2.45) is 10.2 Å². The highest BCUT2D eigenvalue weighted by atomic mass is 19.4. The highest BCUT2D eigenvalue weighted by Crippen LogP contribution is 2.64. The van der Waals surface area contributed by atoms with E-state index < -0.39 is 84.6 Å². The van der Waals surface area contributed by atoms with Gasteiger partial charge in [0, 0.05) is 6.42 Å². The van der Waals surface area contributed by atoms with Gasteiger partial charge in [-0.3, -0.25) is 0 Å². The Morgan fingerprint density at radius 1 is 0.512 bits per heavy atom. The second-order valence-corrected chi connectivity index (χ2v) is 8.32. The fourth-order valence-electron chi connectivity index (χ4n) is 3.06. The summed E-state index contributed by atoms with van der Waals surface area (Å²) in [5.41, 5.74) is -0.431. The maximum atomic E-state index is 14.0. The summed E-state index contributed by atoms with van der Waals surface area (Å²) in [6, 6.07) is 1.29. The van der Waals surface area contributed by atoms with E-state index in [4.69, 9.17) is 0 Å². The lowest BCUT2D eigenvalue weighted by Crippen LogP contribution is -2.74. The molecule has 0 radical (unpaired) electrons. The number of hydrogen-bond donors (Lipinski definition) is 0. The average molecular weight is 635 g/mol. The molecule has 0 saturated carbocycles. The second kappa shape index (κ2) is 9.95. The van der Waals surface area contributed by atoms with Crippen LogP contribution in [0.4, 0.5) is 84.2 Å². The SMILES string of the molecule is O=C1N=NC(=O)N1Cc1ccc(CCC(F)(F)C(F)(F)C(F)(F)C(F)(F)C(F)(F)C(F)(F)C(F)(F)C(F)(F)F)cc1. The number of carbonyl (C=O) groups excluding carboxylic acids is 2. The van der Waals surface area contributed by atoms with Gasteiger partial charge >= 0.3 is 59.7 Å². The zero-order valence-electron chi connectivity index (χ0n) is 19.0. The molecule has 0 atom stereocenters. The van der Waals surface area contributed by atoms with Gasteiger partial charge in [-0.2, -0.15) is 74.6 Å². The van der Waals surface area contributed by atoms with Gasteiger partial charge in [-0.1, -0.05) is 34.5 Å². The molecule has 4 amide bonds. The van der Waals surface area contributed by atoms with Crippen LogP contribution >= 0.6 is 0 Å². The predicted molar refractivity (Wildman–Crippen MR) is 96.6 cm³/mol. The molecule has 1 aliphatic rings. The Morgan fingerprint density at radius 3 is 1.24 bits per heavy atom.